The van der Waals surface area contributed by atoms with Gasteiger partial charge in [-0.3, -0.25) is 4.79 Å². The molecular formula is C29H31ClFN3O2. The maximum atomic E-state index is 14.6. The average Bonchev–Trinajstić information content (AvgIpc) is 3.28. The van der Waals surface area contributed by atoms with Crippen molar-refractivity contribution in [2.24, 2.45) is 23.2 Å². The Bertz CT molecular complexity index is 1340. The van der Waals surface area contributed by atoms with Crippen LogP contribution in [-0.4, -0.2) is 22.4 Å². The van der Waals surface area contributed by atoms with Gasteiger partial charge < -0.3 is 15.0 Å². The number of ether oxygens (including phenoxy) is 1. The Labute approximate surface area is 215 Å². The lowest BCUT2D eigenvalue weighted by molar-refractivity contribution is -0.0887. The number of hydrogen-bond donors (Lipinski definition) is 2. The third kappa shape index (κ3) is 3.64. The Morgan fingerprint density at radius 3 is 2.61 bits per heavy atom. The smallest absolute Gasteiger partial charge is 0.251 e. The average molecular weight is 508 g/mol. The zero-order chi connectivity index (χ0) is 25.4. The molecule has 2 aromatic carbocycles. The first kappa shape index (κ1) is 23.5. The highest BCUT2D eigenvalue weighted by Gasteiger charge is 2.52. The minimum Gasteiger partial charge on any atom is -0.481 e. The number of benzene rings is 2. The lowest BCUT2D eigenvalue weighted by Gasteiger charge is -2.59. The number of hydrogen-bond acceptors (Lipinski definition) is 3. The van der Waals surface area contributed by atoms with Crippen LogP contribution in [0.2, 0.25) is 5.02 Å². The van der Waals surface area contributed by atoms with Gasteiger partial charge in [0.1, 0.15) is 23.0 Å². The van der Waals surface area contributed by atoms with E-state index in [2.05, 4.69) is 24.1 Å². The Hall–Kier alpha value is -2.86. The molecule has 0 saturated heterocycles. The number of aromatic amines is 1. The molecule has 3 saturated carbocycles. The third-order valence-corrected chi connectivity index (χ3v) is 9.14. The van der Waals surface area contributed by atoms with Crippen LogP contribution >= 0.6 is 11.6 Å². The van der Waals surface area contributed by atoms with Crippen LogP contribution < -0.4 is 10.1 Å². The molecule has 1 aliphatic heterocycles. The second-order valence-electron chi connectivity index (χ2n) is 11.7. The standard InChI is InChI=1S/C29H31ClFN3O2/c1-28(2)17-10-15(11-18(28)13-17)14-32-27(35)16-8-9-19-22(12-16)36-29(3,4)25-24(19)33-26(34-25)23-20(30)6-5-7-21(23)31/h5-9,12,15,17-18H,10-11,13-14H2,1-4H3,(H,32,35)(H,33,34). The van der Waals surface area contributed by atoms with Crippen molar-refractivity contribution in [1.82, 2.24) is 15.3 Å². The number of nitrogens with one attached hydrogen (secondary N) is 2. The molecule has 7 rings (SSSR count). The van der Waals surface area contributed by atoms with E-state index < -0.39 is 11.4 Å². The Balaban J connectivity index is 1.24. The van der Waals surface area contributed by atoms with Gasteiger partial charge in [-0.2, -0.15) is 0 Å². The number of rotatable bonds is 4. The summed E-state index contributed by atoms with van der Waals surface area (Å²) < 4.78 is 20.9. The summed E-state index contributed by atoms with van der Waals surface area (Å²) >= 11 is 6.29. The van der Waals surface area contributed by atoms with E-state index >= 15 is 0 Å². The second-order valence-corrected chi connectivity index (χ2v) is 12.1. The van der Waals surface area contributed by atoms with E-state index in [0.717, 1.165) is 23.1 Å². The zero-order valence-corrected chi connectivity index (χ0v) is 21.8. The second kappa shape index (κ2) is 8.07. The molecule has 0 radical (unpaired) electrons. The van der Waals surface area contributed by atoms with Gasteiger partial charge in [0.2, 0.25) is 0 Å². The normalized spacial score (nSPS) is 24.7. The third-order valence-electron chi connectivity index (χ3n) is 8.83. The van der Waals surface area contributed by atoms with Gasteiger partial charge in [0.05, 0.1) is 22.0 Å². The van der Waals surface area contributed by atoms with Crippen molar-refractivity contribution in [2.75, 3.05) is 6.54 Å². The minimum absolute atomic E-state index is 0.0932. The summed E-state index contributed by atoms with van der Waals surface area (Å²) in [6, 6.07) is 9.99. The fourth-order valence-electron chi connectivity index (χ4n) is 6.45. The molecular weight excluding hydrogens is 477 g/mol. The molecule has 188 valence electrons. The molecule has 3 aliphatic carbocycles. The van der Waals surface area contributed by atoms with Crippen molar-refractivity contribution in [3.8, 4) is 28.4 Å². The molecule has 0 spiro atoms. The number of nitrogens with zero attached hydrogens (tertiary/aromatic N) is 1. The first-order valence-electron chi connectivity index (χ1n) is 12.7. The molecule has 36 heavy (non-hydrogen) atoms. The number of aromatic nitrogens is 2. The van der Waals surface area contributed by atoms with Gasteiger partial charge in [0.15, 0.2) is 0 Å². The summed E-state index contributed by atoms with van der Waals surface area (Å²) in [7, 11) is 0. The lowest BCUT2D eigenvalue weighted by Crippen LogP contribution is -2.52. The lowest BCUT2D eigenvalue weighted by atomic mass is 9.47. The highest BCUT2D eigenvalue weighted by Crippen LogP contribution is 2.60. The summed E-state index contributed by atoms with van der Waals surface area (Å²) in [6.07, 6.45) is 3.73. The molecule has 5 nitrogen and oxygen atoms in total. The van der Waals surface area contributed by atoms with Crippen LogP contribution in [0, 0.1) is 29.0 Å². The van der Waals surface area contributed by atoms with Crippen molar-refractivity contribution < 1.29 is 13.9 Å². The van der Waals surface area contributed by atoms with E-state index in [1.807, 2.05) is 19.9 Å². The summed E-state index contributed by atoms with van der Waals surface area (Å²) in [6.45, 7) is 9.31. The molecule has 1 aromatic heterocycles. The van der Waals surface area contributed by atoms with Crippen LogP contribution in [-0.2, 0) is 5.60 Å². The largest absolute Gasteiger partial charge is 0.481 e. The number of carbonyl (C=O) groups is 1. The van der Waals surface area contributed by atoms with Gasteiger partial charge in [-0.15, -0.1) is 0 Å². The maximum Gasteiger partial charge on any atom is 0.251 e. The van der Waals surface area contributed by atoms with E-state index in [0.29, 0.717) is 40.7 Å². The van der Waals surface area contributed by atoms with Crippen LogP contribution in [0.5, 0.6) is 5.75 Å². The Kier molecular flexibility index (Phi) is 5.28. The molecule has 3 fully saturated rings. The minimum atomic E-state index is -0.754. The molecule has 7 heteroatoms. The van der Waals surface area contributed by atoms with Crippen LogP contribution in [0.25, 0.3) is 22.6 Å². The number of imidazole rings is 1. The monoisotopic (exact) mass is 507 g/mol. The van der Waals surface area contributed by atoms with Gasteiger partial charge in [-0.05, 0) is 86.6 Å². The van der Waals surface area contributed by atoms with Crippen LogP contribution in [0.3, 0.4) is 0 Å². The number of H-pyrrole nitrogens is 1. The van der Waals surface area contributed by atoms with Crippen molar-refractivity contribution in [3.05, 3.63) is 58.5 Å². The fraction of sp³-hybridized carbons (Fsp3) is 0.448. The maximum absolute atomic E-state index is 14.6. The predicted molar refractivity (Wildman–Crippen MR) is 139 cm³/mol. The van der Waals surface area contributed by atoms with Gasteiger partial charge >= 0.3 is 0 Å². The quantitative estimate of drug-likeness (QED) is 0.401. The molecule has 2 atom stereocenters. The van der Waals surface area contributed by atoms with Crippen molar-refractivity contribution >= 4 is 17.5 Å². The van der Waals surface area contributed by atoms with Gasteiger partial charge in [0.25, 0.3) is 5.91 Å². The molecule has 2 bridgehead atoms. The number of halogens is 2. The van der Waals surface area contributed by atoms with E-state index in [1.165, 1.54) is 25.3 Å². The molecule has 2 heterocycles. The molecule has 3 aromatic rings. The van der Waals surface area contributed by atoms with Crippen molar-refractivity contribution in [1.29, 1.82) is 0 Å². The molecule has 2 N–H and O–H groups in total. The Morgan fingerprint density at radius 2 is 1.92 bits per heavy atom. The van der Waals surface area contributed by atoms with E-state index in [-0.39, 0.29) is 16.5 Å². The predicted octanol–water partition coefficient (Wildman–Crippen LogP) is 6.97. The van der Waals surface area contributed by atoms with Gasteiger partial charge in [-0.25, -0.2) is 9.37 Å². The van der Waals surface area contributed by atoms with Crippen molar-refractivity contribution in [3.63, 3.8) is 0 Å². The van der Waals surface area contributed by atoms with Gasteiger partial charge in [-0.1, -0.05) is 31.5 Å². The highest BCUT2D eigenvalue weighted by molar-refractivity contribution is 6.33. The Morgan fingerprint density at radius 1 is 1.17 bits per heavy atom. The van der Waals surface area contributed by atoms with E-state index in [4.69, 9.17) is 21.3 Å². The van der Waals surface area contributed by atoms with Crippen molar-refractivity contribution in [2.45, 2.75) is 52.6 Å². The molecule has 4 aliphatic rings. The fourth-order valence-corrected chi connectivity index (χ4v) is 6.70. The van der Waals surface area contributed by atoms with Gasteiger partial charge in [0, 0.05) is 17.7 Å². The number of fused-ring (bicyclic) bond motifs is 5. The first-order chi connectivity index (χ1) is 17.0. The summed E-state index contributed by atoms with van der Waals surface area (Å²) in [5.74, 6) is 2.51. The summed E-state index contributed by atoms with van der Waals surface area (Å²) in [5.41, 5.74) is 2.66. The van der Waals surface area contributed by atoms with E-state index in [9.17, 15) is 9.18 Å². The SMILES string of the molecule is CC1(C)Oc2cc(C(=O)NCC3CC4CC(C3)C4(C)C)ccc2-c2nc(-c3c(F)cccc3Cl)[nH]c21. The first-order valence-corrected chi connectivity index (χ1v) is 13.1. The van der Waals surface area contributed by atoms with Crippen LogP contribution in [0.1, 0.15) is 63.0 Å². The highest BCUT2D eigenvalue weighted by atomic mass is 35.5. The number of amides is 1. The number of carbonyl (C=O) groups excluding carboxylic acids is 1. The molecule has 2 unspecified atom stereocenters. The van der Waals surface area contributed by atoms with E-state index in [1.54, 1.807) is 24.3 Å². The topological polar surface area (TPSA) is 67.0 Å². The zero-order valence-electron chi connectivity index (χ0n) is 21.0. The summed E-state index contributed by atoms with van der Waals surface area (Å²) in [4.78, 5) is 21.0. The van der Waals surface area contributed by atoms with Crippen LogP contribution in [0.15, 0.2) is 36.4 Å². The van der Waals surface area contributed by atoms with Crippen LogP contribution in [0.4, 0.5) is 4.39 Å². The summed E-state index contributed by atoms with van der Waals surface area (Å²) in [5, 5.41) is 3.43. The molecule has 1 amide bonds.